The number of piperazine rings is 1. The quantitative estimate of drug-likeness (QED) is 0.854. The van der Waals surface area contributed by atoms with Crippen LogP contribution in [-0.4, -0.2) is 51.7 Å². The lowest BCUT2D eigenvalue weighted by Gasteiger charge is -2.34. The minimum Gasteiger partial charge on any atom is -0.336 e. The van der Waals surface area contributed by atoms with Crippen molar-refractivity contribution in [3.63, 3.8) is 0 Å². The number of hydrogen-bond acceptors (Lipinski definition) is 3. The van der Waals surface area contributed by atoms with Crippen LogP contribution < -0.4 is 0 Å². The Morgan fingerprint density at radius 2 is 2.00 bits per heavy atom. The highest BCUT2D eigenvalue weighted by molar-refractivity contribution is 6.31. The maximum Gasteiger partial charge on any atom is 0.257 e. The average molecular weight is 351 g/mol. The van der Waals surface area contributed by atoms with Crippen molar-refractivity contribution in [1.29, 1.82) is 0 Å². The third kappa shape index (κ3) is 3.30. The minimum atomic E-state index is -0.285. The molecule has 0 saturated carbocycles. The predicted octanol–water partition coefficient (Wildman–Crippen LogP) is 2.48. The van der Waals surface area contributed by atoms with Crippen molar-refractivity contribution in [3.8, 4) is 0 Å². The van der Waals surface area contributed by atoms with Crippen molar-refractivity contribution in [3.05, 3.63) is 52.1 Å². The second-order valence-electron chi connectivity index (χ2n) is 6.04. The van der Waals surface area contributed by atoms with Gasteiger partial charge < -0.3 is 4.90 Å². The third-order valence-electron chi connectivity index (χ3n) is 4.57. The minimum absolute atomic E-state index is 0.00386. The molecule has 0 unspecified atom stereocenters. The molecule has 128 valence electrons. The summed E-state index contributed by atoms with van der Waals surface area (Å²) in [6.45, 7) is 4.94. The fourth-order valence-electron chi connectivity index (χ4n) is 2.90. The van der Waals surface area contributed by atoms with E-state index in [-0.39, 0.29) is 11.7 Å². The summed E-state index contributed by atoms with van der Waals surface area (Å²) in [4.78, 5) is 16.5. The molecule has 1 aliphatic heterocycles. The van der Waals surface area contributed by atoms with Crippen LogP contribution in [0.1, 0.15) is 21.6 Å². The number of hydrogen-bond donors (Lipinski definition) is 0. The molecule has 0 atom stereocenters. The molecule has 1 saturated heterocycles. The molecule has 3 rings (SSSR count). The van der Waals surface area contributed by atoms with Crippen molar-refractivity contribution < 1.29 is 9.18 Å². The lowest BCUT2D eigenvalue weighted by molar-refractivity contribution is 0.0626. The number of rotatable bonds is 3. The summed E-state index contributed by atoms with van der Waals surface area (Å²) in [5.74, 6) is -0.281. The van der Waals surface area contributed by atoms with Gasteiger partial charge in [-0.2, -0.15) is 5.10 Å². The zero-order valence-electron chi connectivity index (χ0n) is 13.8. The van der Waals surface area contributed by atoms with Crippen molar-refractivity contribution in [2.75, 3.05) is 26.2 Å². The molecular weight excluding hydrogens is 331 g/mol. The molecule has 1 amide bonds. The molecule has 1 aromatic carbocycles. The van der Waals surface area contributed by atoms with Gasteiger partial charge in [0.1, 0.15) is 5.82 Å². The Morgan fingerprint density at radius 3 is 2.58 bits per heavy atom. The Labute approximate surface area is 145 Å². The summed E-state index contributed by atoms with van der Waals surface area (Å²) in [5, 5.41) is 4.57. The first-order chi connectivity index (χ1) is 11.5. The van der Waals surface area contributed by atoms with Crippen LogP contribution in [0.4, 0.5) is 4.39 Å². The molecular formula is C17H20ClFN4O. The molecule has 5 nitrogen and oxygen atoms in total. The lowest BCUT2D eigenvalue weighted by Crippen LogP contribution is -2.48. The first-order valence-electron chi connectivity index (χ1n) is 7.90. The van der Waals surface area contributed by atoms with Gasteiger partial charge in [-0.1, -0.05) is 17.7 Å². The topological polar surface area (TPSA) is 41.4 Å². The van der Waals surface area contributed by atoms with Crippen LogP contribution in [0.2, 0.25) is 5.02 Å². The number of carbonyl (C=O) groups excluding carboxylic acids is 1. The average Bonchev–Trinajstić information content (AvgIpc) is 2.90. The number of amides is 1. The summed E-state index contributed by atoms with van der Waals surface area (Å²) in [7, 11) is 1.82. The van der Waals surface area contributed by atoms with E-state index in [0.717, 1.165) is 5.69 Å². The van der Waals surface area contributed by atoms with E-state index in [4.69, 9.17) is 11.6 Å². The molecule has 1 aromatic heterocycles. The van der Waals surface area contributed by atoms with E-state index in [9.17, 15) is 9.18 Å². The Balaban J connectivity index is 1.62. The lowest BCUT2D eigenvalue weighted by atomic mass is 10.1. The molecule has 7 heteroatoms. The maximum atomic E-state index is 13.9. The molecule has 0 radical (unpaired) electrons. The Kier molecular flexibility index (Phi) is 4.87. The third-order valence-corrected chi connectivity index (χ3v) is 4.92. The van der Waals surface area contributed by atoms with E-state index in [1.54, 1.807) is 23.0 Å². The highest BCUT2D eigenvalue weighted by Crippen LogP contribution is 2.21. The van der Waals surface area contributed by atoms with Gasteiger partial charge in [0.05, 0.1) is 11.8 Å². The van der Waals surface area contributed by atoms with Gasteiger partial charge in [0.25, 0.3) is 5.91 Å². The first-order valence-corrected chi connectivity index (χ1v) is 8.28. The predicted molar refractivity (Wildman–Crippen MR) is 90.5 cm³/mol. The molecule has 0 spiro atoms. The van der Waals surface area contributed by atoms with E-state index in [1.165, 1.54) is 6.07 Å². The molecule has 0 N–H and O–H groups in total. The van der Waals surface area contributed by atoms with Gasteiger partial charge in [0.2, 0.25) is 0 Å². The number of aryl methyl sites for hydroxylation is 1. The van der Waals surface area contributed by atoms with Crippen LogP contribution >= 0.6 is 11.6 Å². The van der Waals surface area contributed by atoms with Crippen molar-refractivity contribution in [1.82, 2.24) is 19.6 Å². The summed E-state index contributed by atoms with van der Waals surface area (Å²) < 4.78 is 15.6. The molecule has 2 heterocycles. The van der Waals surface area contributed by atoms with E-state index >= 15 is 0 Å². The van der Waals surface area contributed by atoms with E-state index in [0.29, 0.717) is 48.9 Å². The van der Waals surface area contributed by atoms with Crippen molar-refractivity contribution in [2.24, 2.45) is 7.05 Å². The zero-order chi connectivity index (χ0) is 17.3. The van der Waals surface area contributed by atoms with Gasteiger partial charge in [-0.15, -0.1) is 0 Å². The Morgan fingerprint density at radius 1 is 1.29 bits per heavy atom. The standard InChI is InChI=1S/C17H20ClFN4O/c1-12-13(10-20-21(12)2)17(24)23-8-6-22(7-9-23)11-14-15(18)4-3-5-16(14)19/h3-5,10H,6-9,11H2,1-2H3. The van der Waals surface area contributed by atoms with Crippen molar-refractivity contribution >= 4 is 17.5 Å². The molecule has 1 fully saturated rings. The van der Waals surface area contributed by atoms with Gasteiger partial charge in [0.15, 0.2) is 0 Å². The first kappa shape index (κ1) is 16.9. The van der Waals surface area contributed by atoms with Crippen LogP contribution in [0.3, 0.4) is 0 Å². The summed E-state index contributed by atoms with van der Waals surface area (Å²) in [5.41, 5.74) is 2.02. The molecule has 24 heavy (non-hydrogen) atoms. The summed E-state index contributed by atoms with van der Waals surface area (Å²) in [6.07, 6.45) is 1.61. The fourth-order valence-corrected chi connectivity index (χ4v) is 3.12. The summed E-state index contributed by atoms with van der Waals surface area (Å²) in [6, 6.07) is 4.73. The Bertz CT molecular complexity index is 733. The molecule has 0 bridgehead atoms. The molecule has 2 aromatic rings. The zero-order valence-corrected chi connectivity index (χ0v) is 14.6. The Hall–Kier alpha value is -1.92. The van der Waals surface area contributed by atoms with Crippen molar-refractivity contribution in [2.45, 2.75) is 13.5 Å². The van der Waals surface area contributed by atoms with E-state index in [1.807, 2.05) is 18.9 Å². The van der Waals surface area contributed by atoms with Crippen LogP contribution in [0.5, 0.6) is 0 Å². The maximum absolute atomic E-state index is 13.9. The largest absolute Gasteiger partial charge is 0.336 e. The highest BCUT2D eigenvalue weighted by atomic mass is 35.5. The normalized spacial score (nSPS) is 15.8. The second kappa shape index (κ2) is 6.91. The summed E-state index contributed by atoms with van der Waals surface area (Å²) >= 11 is 6.09. The number of nitrogens with zero attached hydrogens (tertiary/aromatic N) is 4. The van der Waals surface area contributed by atoms with Crippen LogP contribution in [0, 0.1) is 12.7 Å². The molecule has 1 aliphatic rings. The molecule has 0 aliphatic carbocycles. The highest BCUT2D eigenvalue weighted by Gasteiger charge is 2.25. The van der Waals surface area contributed by atoms with Gasteiger partial charge in [0, 0.05) is 56.1 Å². The number of benzene rings is 1. The second-order valence-corrected chi connectivity index (χ2v) is 6.44. The van der Waals surface area contributed by atoms with E-state index < -0.39 is 0 Å². The fraction of sp³-hybridized carbons (Fsp3) is 0.412. The van der Waals surface area contributed by atoms with Gasteiger partial charge >= 0.3 is 0 Å². The number of halogens is 2. The number of carbonyl (C=O) groups is 1. The number of aromatic nitrogens is 2. The monoisotopic (exact) mass is 350 g/mol. The van der Waals surface area contributed by atoms with Crippen LogP contribution in [0.25, 0.3) is 0 Å². The van der Waals surface area contributed by atoms with Gasteiger partial charge in [-0.05, 0) is 19.1 Å². The van der Waals surface area contributed by atoms with Gasteiger partial charge in [-0.25, -0.2) is 4.39 Å². The van der Waals surface area contributed by atoms with Crippen LogP contribution in [0.15, 0.2) is 24.4 Å². The SMILES string of the molecule is Cc1c(C(=O)N2CCN(Cc3c(F)cccc3Cl)CC2)cnn1C. The smallest absolute Gasteiger partial charge is 0.257 e. The van der Waals surface area contributed by atoms with E-state index in [2.05, 4.69) is 10.00 Å². The van der Waals surface area contributed by atoms with Crippen LogP contribution in [-0.2, 0) is 13.6 Å². The van der Waals surface area contributed by atoms with Gasteiger partial charge in [-0.3, -0.25) is 14.4 Å².